The van der Waals surface area contributed by atoms with Crippen LogP contribution in [-0.2, 0) is 9.47 Å². The Balaban J connectivity index is 0.000000948. The predicted molar refractivity (Wildman–Crippen MR) is 105 cm³/mol. The third kappa shape index (κ3) is 5.02. The van der Waals surface area contributed by atoms with Gasteiger partial charge in [0.05, 0.1) is 6.10 Å². The first kappa shape index (κ1) is 18.8. The topological polar surface area (TPSA) is 42.9 Å². The van der Waals surface area contributed by atoms with Gasteiger partial charge in [0.15, 0.2) is 6.23 Å². The van der Waals surface area contributed by atoms with E-state index >= 15 is 0 Å². The summed E-state index contributed by atoms with van der Waals surface area (Å²) in [6.07, 6.45) is 7.05. The van der Waals surface area contributed by atoms with Gasteiger partial charge in [-0.2, -0.15) is 0 Å². The highest BCUT2D eigenvalue weighted by molar-refractivity contribution is 5.96. The Bertz CT molecular complexity index is 692. The molecule has 0 aromatic heterocycles. The van der Waals surface area contributed by atoms with Gasteiger partial charge in [0, 0.05) is 30.1 Å². The van der Waals surface area contributed by atoms with Gasteiger partial charge in [-0.25, -0.2) is 0 Å². The van der Waals surface area contributed by atoms with Gasteiger partial charge in [-0.05, 0) is 56.7 Å². The average molecular weight is 354 g/mol. The molecular weight excluding hydrogens is 324 g/mol. The highest BCUT2D eigenvalue weighted by atomic mass is 16.5. The molecule has 1 saturated carbocycles. The van der Waals surface area contributed by atoms with E-state index in [0.717, 1.165) is 36.1 Å². The van der Waals surface area contributed by atoms with Gasteiger partial charge in [0.2, 0.25) is 5.90 Å². The van der Waals surface area contributed by atoms with Crippen LogP contribution in [0.1, 0.15) is 69.1 Å². The lowest BCUT2D eigenvalue weighted by Crippen LogP contribution is -2.31. The van der Waals surface area contributed by atoms with Crippen molar-refractivity contribution in [2.45, 2.75) is 71.6 Å². The van der Waals surface area contributed by atoms with E-state index in [9.17, 15) is 0 Å². The Labute approximate surface area is 157 Å². The van der Waals surface area contributed by atoms with E-state index in [1.54, 1.807) is 0 Å². The summed E-state index contributed by atoms with van der Waals surface area (Å²) < 4.78 is 11.8. The molecule has 1 unspecified atom stereocenters. The monoisotopic (exact) mass is 354 g/mol. The minimum absolute atomic E-state index is 0.0938. The second kappa shape index (κ2) is 9.09. The molecule has 2 heterocycles. The van der Waals surface area contributed by atoms with E-state index in [1.165, 1.54) is 25.7 Å². The molecule has 0 radical (unpaired) electrons. The van der Waals surface area contributed by atoms with E-state index in [1.807, 2.05) is 13.8 Å². The lowest BCUT2D eigenvalue weighted by atomic mass is 10.0. The molecule has 140 valence electrons. The number of hydrazone groups is 1. The van der Waals surface area contributed by atoms with E-state index < -0.39 is 0 Å². The molecule has 1 aliphatic carbocycles. The van der Waals surface area contributed by atoms with Crippen molar-refractivity contribution in [2.75, 3.05) is 6.61 Å². The number of hydrogen-bond acceptors (Lipinski definition) is 4. The molecule has 1 N–H and O–H groups in total. The fourth-order valence-corrected chi connectivity index (χ4v) is 3.12. The van der Waals surface area contributed by atoms with Crippen molar-refractivity contribution < 1.29 is 9.47 Å². The molecule has 4 heteroatoms. The maximum atomic E-state index is 6.03. The Morgan fingerprint density at radius 3 is 2.77 bits per heavy atom. The zero-order chi connectivity index (χ0) is 18.4. The van der Waals surface area contributed by atoms with Crippen molar-refractivity contribution in [1.82, 2.24) is 5.43 Å². The second-order valence-electron chi connectivity index (χ2n) is 6.95. The third-order valence-corrected chi connectivity index (χ3v) is 4.78. The third-order valence-electron chi connectivity index (χ3n) is 4.78. The fourth-order valence-electron chi connectivity index (χ4n) is 3.12. The number of rotatable bonds is 3. The fraction of sp³-hybridized carbons (Fsp3) is 0.591. The van der Waals surface area contributed by atoms with Gasteiger partial charge >= 0.3 is 0 Å². The van der Waals surface area contributed by atoms with Crippen LogP contribution in [0.25, 0.3) is 0 Å². The van der Waals surface area contributed by atoms with Crippen LogP contribution in [0.4, 0.5) is 0 Å². The van der Waals surface area contributed by atoms with E-state index in [0.29, 0.717) is 11.8 Å². The van der Waals surface area contributed by atoms with Crippen molar-refractivity contribution >= 4 is 5.90 Å². The maximum absolute atomic E-state index is 6.03. The first-order chi connectivity index (χ1) is 12.8. The normalized spacial score (nSPS) is 24.2. The Kier molecular flexibility index (Phi) is 6.57. The molecule has 1 saturated heterocycles. The summed E-state index contributed by atoms with van der Waals surface area (Å²) in [5.41, 5.74) is 6.32. The lowest BCUT2D eigenvalue weighted by Gasteiger charge is -2.24. The van der Waals surface area contributed by atoms with Crippen molar-refractivity contribution in [1.29, 1.82) is 0 Å². The van der Waals surface area contributed by atoms with Crippen LogP contribution in [-0.4, -0.2) is 24.8 Å². The summed E-state index contributed by atoms with van der Waals surface area (Å²) in [5, 5.41) is 4.40. The highest BCUT2D eigenvalue weighted by Crippen LogP contribution is 2.28. The van der Waals surface area contributed by atoms with Gasteiger partial charge in [-0.15, -0.1) is 5.10 Å². The molecule has 2 atom stereocenters. The molecular formula is C22H30N2O2. The quantitative estimate of drug-likeness (QED) is 0.821. The summed E-state index contributed by atoms with van der Waals surface area (Å²) in [4.78, 5) is 0. The molecule has 26 heavy (non-hydrogen) atoms. The van der Waals surface area contributed by atoms with Crippen molar-refractivity contribution in [3.8, 4) is 11.8 Å². The Hall–Kier alpha value is -1.99. The van der Waals surface area contributed by atoms with E-state index in [-0.39, 0.29) is 12.3 Å². The smallest absolute Gasteiger partial charge is 0.240 e. The molecule has 0 amide bonds. The van der Waals surface area contributed by atoms with Crippen molar-refractivity contribution in [3.05, 3.63) is 34.9 Å². The van der Waals surface area contributed by atoms with Gasteiger partial charge in [-0.1, -0.05) is 31.8 Å². The van der Waals surface area contributed by atoms with Gasteiger partial charge in [0.25, 0.3) is 0 Å². The molecule has 4 nitrogen and oxygen atoms in total. The van der Waals surface area contributed by atoms with Crippen LogP contribution in [0.2, 0.25) is 0 Å². The SMILES string of the molecule is CC.Cc1ccc(C#CC2CC2)cc1C1=NN[C@H](CC2CCCCO2)O1. The molecule has 2 aliphatic heterocycles. The van der Waals surface area contributed by atoms with Crippen molar-refractivity contribution in [3.63, 3.8) is 0 Å². The first-order valence-corrected chi connectivity index (χ1v) is 10.0. The summed E-state index contributed by atoms with van der Waals surface area (Å²) in [7, 11) is 0. The van der Waals surface area contributed by atoms with Crippen LogP contribution in [0.5, 0.6) is 0 Å². The number of ether oxygens (including phenoxy) is 2. The molecule has 1 aromatic carbocycles. The van der Waals surface area contributed by atoms with Gasteiger partial charge in [0.1, 0.15) is 0 Å². The van der Waals surface area contributed by atoms with Crippen LogP contribution in [0.15, 0.2) is 23.3 Å². The second-order valence-corrected chi connectivity index (χ2v) is 6.95. The van der Waals surface area contributed by atoms with E-state index in [4.69, 9.17) is 9.47 Å². The number of nitrogens with one attached hydrogen (secondary N) is 1. The zero-order valence-electron chi connectivity index (χ0n) is 16.2. The molecule has 4 rings (SSSR count). The summed E-state index contributed by atoms with van der Waals surface area (Å²) in [6.45, 7) is 6.95. The minimum Gasteiger partial charge on any atom is -0.451 e. The highest BCUT2D eigenvalue weighted by Gasteiger charge is 2.26. The molecule has 1 aromatic rings. The predicted octanol–water partition coefficient (Wildman–Crippen LogP) is 4.35. The van der Waals surface area contributed by atoms with Crippen LogP contribution in [0, 0.1) is 24.7 Å². The molecule has 0 bridgehead atoms. The standard InChI is InChI=1S/C20H24N2O2.C2H6/c1-14-5-6-16(10-9-15-7-8-15)12-18(14)20-22-21-19(24-20)13-17-4-2-3-11-23-17;1-2/h5-6,12,15,17,19,21H,2-4,7-8,11,13H2,1H3;1-2H3/t17?,19-;/m0./s1. The van der Waals surface area contributed by atoms with Crippen LogP contribution >= 0.6 is 0 Å². The average Bonchev–Trinajstić information content (AvgIpc) is 3.41. The van der Waals surface area contributed by atoms with Crippen molar-refractivity contribution in [2.24, 2.45) is 11.0 Å². The Morgan fingerprint density at radius 2 is 2.04 bits per heavy atom. The molecule has 0 spiro atoms. The lowest BCUT2D eigenvalue weighted by molar-refractivity contribution is -0.0136. The van der Waals surface area contributed by atoms with Crippen LogP contribution < -0.4 is 5.43 Å². The number of benzene rings is 1. The molecule has 2 fully saturated rings. The summed E-state index contributed by atoms with van der Waals surface area (Å²) >= 11 is 0. The largest absolute Gasteiger partial charge is 0.451 e. The number of aryl methyl sites for hydroxylation is 1. The van der Waals surface area contributed by atoms with Gasteiger partial charge in [-0.3, -0.25) is 5.43 Å². The zero-order valence-corrected chi connectivity index (χ0v) is 16.2. The summed E-state index contributed by atoms with van der Waals surface area (Å²) in [5.74, 6) is 7.86. The minimum atomic E-state index is -0.0938. The first-order valence-electron chi connectivity index (χ1n) is 10.0. The Morgan fingerprint density at radius 1 is 1.19 bits per heavy atom. The van der Waals surface area contributed by atoms with Gasteiger partial charge < -0.3 is 9.47 Å². The maximum Gasteiger partial charge on any atom is 0.240 e. The summed E-state index contributed by atoms with van der Waals surface area (Å²) in [6, 6.07) is 6.25. The van der Waals surface area contributed by atoms with E-state index in [2.05, 4.69) is 47.5 Å². The number of hydrogen-bond donors (Lipinski definition) is 1. The number of nitrogens with zero attached hydrogens (tertiary/aromatic N) is 1. The van der Waals surface area contributed by atoms with Crippen LogP contribution in [0.3, 0.4) is 0 Å². The molecule has 3 aliphatic rings.